The van der Waals surface area contributed by atoms with Crippen LogP contribution in [0.15, 0.2) is 0 Å². The zero-order chi connectivity index (χ0) is 13.1. The van der Waals surface area contributed by atoms with Gasteiger partial charge in [-0.05, 0) is 45.6 Å². The molecule has 0 spiro atoms. The first-order chi connectivity index (χ1) is 8.06. The van der Waals surface area contributed by atoms with Gasteiger partial charge in [0.2, 0.25) is 5.91 Å². The molecule has 0 aliphatic carbocycles. The Labute approximate surface area is 105 Å². The van der Waals surface area contributed by atoms with E-state index < -0.39 is 0 Å². The smallest absolute Gasteiger partial charge is 0.220 e. The summed E-state index contributed by atoms with van der Waals surface area (Å²) in [4.78, 5) is 11.4. The Kier molecular flexibility index (Phi) is 10.2. The largest absolute Gasteiger partial charge is 0.379 e. The molecule has 0 aliphatic rings. The van der Waals surface area contributed by atoms with Crippen LogP contribution in [0.1, 0.15) is 46.5 Å². The fraction of sp³-hybridized carbons (Fsp3) is 0.923. The Bertz CT molecular complexity index is 196. The topological polar surface area (TPSA) is 64.4 Å². The van der Waals surface area contributed by atoms with E-state index in [-0.39, 0.29) is 5.91 Å². The molecule has 0 aromatic heterocycles. The lowest BCUT2D eigenvalue weighted by Crippen LogP contribution is -2.25. The average molecular weight is 244 g/mol. The number of unbranched alkanes of at least 4 members (excludes halogenated alkanes) is 1. The third kappa shape index (κ3) is 11.6. The van der Waals surface area contributed by atoms with Crippen LogP contribution in [0.3, 0.4) is 0 Å². The van der Waals surface area contributed by atoms with Gasteiger partial charge in [0.1, 0.15) is 0 Å². The summed E-state index contributed by atoms with van der Waals surface area (Å²) in [5.41, 5.74) is 5.49. The molecule has 4 nitrogen and oxygen atoms in total. The third-order valence-corrected chi connectivity index (χ3v) is 2.61. The van der Waals surface area contributed by atoms with Gasteiger partial charge in [-0.15, -0.1) is 0 Å². The molecule has 0 rings (SSSR count). The van der Waals surface area contributed by atoms with Crippen molar-refractivity contribution in [3.63, 3.8) is 0 Å². The van der Waals surface area contributed by atoms with Crippen LogP contribution in [0.4, 0.5) is 0 Å². The lowest BCUT2D eigenvalue weighted by Gasteiger charge is -2.09. The Morgan fingerprint density at radius 1 is 1.29 bits per heavy atom. The maximum atomic E-state index is 11.4. The summed E-state index contributed by atoms with van der Waals surface area (Å²) in [6.45, 7) is 8.30. The zero-order valence-electron chi connectivity index (χ0n) is 11.5. The quantitative estimate of drug-likeness (QED) is 0.575. The zero-order valence-corrected chi connectivity index (χ0v) is 11.5. The van der Waals surface area contributed by atoms with E-state index in [1.165, 1.54) is 0 Å². The second-order valence-corrected chi connectivity index (χ2v) is 4.86. The molecule has 0 aromatic rings. The number of hydrogen-bond acceptors (Lipinski definition) is 3. The molecule has 0 fully saturated rings. The highest BCUT2D eigenvalue weighted by atomic mass is 16.5. The van der Waals surface area contributed by atoms with Gasteiger partial charge >= 0.3 is 0 Å². The summed E-state index contributed by atoms with van der Waals surface area (Å²) >= 11 is 0. The highest BCUT2D eigenvalue weighted by Gasteiger charge is 2.04. The summed E-state index contributed by atoms with van der Waals surface area (Å²) in [7, 11) is 0. The third-order valence-electron chi connectivity index (χ3n) is 2.61. The standard InChI is InChI=1S/C13H28N2O2/c1-11(2)17-9-5-4-8-15-13(16)7-6-12(3)10-14/h11-12H,4-10,14H2,1-3H3,(H,15,16). The van der Waals surface area contributed by atoms with Crippen LogP contribution in [0, 0.1) is 5.92 Å². The van der Waals surface area contributed by atoms with Crippen molar-refractivity contribution in [2.45, 2.75) is 52.6 Å². The Morgan fingerprint density at radius 3 is 2.59 bits per heavy atom. The van der Waals surface area contributed by atoms with E-state index in [9.17, 15) is 4.79 Å². The molecule has 0 aliphatic heterocycles. The Morgan fingerprint density at radius 2 is 2.00 bits per heavy atom. The molecule has 17 heavy (non-hydrogen) atoms. The predicted octanol–water partition coefficient (Wildman–Crippen LogP) is 1.68. The first-order valence-electron chi connectivity index (χ1n) is 6.64. The van der Waals surface area contributed by atoms with Crippen molar-refractivity contribution < 1.29 is 9.53 Å². The minimum atomic E-state index is 0.134. The van der Waals surface area contributed by atoms with Gasteiger partial charge in [-0.25, -0.2) is 0 Å². The molecule has 0 saturated heterocycles. The van der Waals surface area contributed by atoms with E-state index in [0.717, 1.165) is 32.4 Å². The van der Waals surface area contributed by atoms with E-state index in [2.05, 4.69) is 12.2 Å². The fourth-order valence-electron chi connectivity index (χ4n) is 1.36. The molecule has 102 valence electrons. The molecule has 0 bridgehead atoms. The molecule has 0 radical (unpaired) electrons. The second-order valence-electron chi connectivity index (χ2n) is 4.86. The Hall–Kier alpha value is -0.610. The number of amides is 1. The fourth-order valence-corrected chi connectivity index (χ4v) is 1.36. The molecule has 1 atom stereocenters. The van der Waals surface area contributed by atoms with Crippen LogP contribution < -0.4 is 11.1 Å². The van der Waals surface area contributed by atoms with Crippen molar-refractivity contribution in [2.75, 3.05) is 19.7 Å². The minimum absolute atomic E-state index is 0.134. The molecule has 0 heterocycles. The average Bonchev–Trinajstić information content (AvgIpc) is 2.30. The van der Waals surface area contributed by atoms with Crippen LogP contribution in [-0.2, 0) is 9.53 Å². The highest BCUT2D eigenvalue weighted by molar-refractivity contribution is 5.75. The van der Waals surface area contributed by atoms with Crippen molar-refractivity contribution in [2.24, 2.45) is 11.7 Å². The van der Waals surface area contributed by atoms with Crippen molar-refractivity contribution in [3.05, 3.63) is 0 Å². The lowest BCUT2D eigenvalue weighted by atomic mass is 10.1. The van der Waals surface area contributed by atoms with Gasteiger partial charge in [-0.3, -0.25) is 4.79 Å². The molecule has 1 amide bonds. The summed E-state index contributed by atoms with van der Waals surface area (Å²) in [5, 5.41) is 2.91. The van der Waals surface area contributed by atoms with Crippen molar-refractivity contribution >= 4 is 5.91 Å². The van der Waals surface area contributed by atoms with Gasteiger partial charge in [0.15, 0.2) is 0 Å². The van der Waals surface area contributed by atoms with Gasteiger partial charge in [0.05, 0.1) is 6.10 Å². The number of carbonyl (C=O) groups excluding carboxylic acids is 1. The van der Waals surface area contributed by atoms with E-state index in [1.807, 2.05) is 13.8 Å². The number of nitrogens with two attached hydrogens (primary N) is 1. The summed E-state index contributed by atoms with van der Waals surface area (Å²) in [6, 6.07) is 0. The number of rotatable bonds is 10. The van der Waals surface area contributed by atoms with Crippen LogP contribution in [-0.4, -0.2) is 31.7 Å². The van der Waals surface area contributed by atoms with Gasteiger partial charge in [-0.2, -0.15) is 0 Å². The monoisotopic (exact) mass is 244 g/mol. The second kappa shape index (κ2) is 10.5. The van der Waals surface area contributed by atoms with Crippen LogP contribution in [0.25, 0.3) is 0 Å². The number of ether oxygens (including phenoxy) is 1. The van der Waals surface area contributed by atoms with Gasteiger partial charge in [0.25, 0.3) is 0 Å². The van der Waals surface area contributed by atoms with E-state index in [4.69, 9.17) is 10.5 Å². The van der Waals surface area contributed by atoms with Gasteiger partial charge < -0.3 is 15.8 Å². The highest BCUT2D eigenvalue weighted by Crippen LogP contribution is 2.02. The number of hydrogen-bond donors (Lipinski definition) is 2. The summed E-state index contributed by atoms with van der Waals surface area (Å²) < 4.78 is 5.42. The van der Waals surface area contributed by atoms with Crippen molar-refractivity contribution in [1.29, 1.82) is 0 Å². The number of nitrogens with one attached hydrogen (secondary N) is 1. The van der Waals surface area contributed by atoms with Gasteiger partial charge in [-0.1, -0.05) is 6.92 Å². The lowest BCUT2D eigenvalue weighted by molar-refractivity contribution is -0.121. The van der Waals surface area contributed by atoms with Crippen molar-refractivity contribution in [1.82, 2.24) is 5.32 Å². The van der Waals surface area contributed by atoms with E-state index in [1.54, 1.807) is 0 Å². The first kappa shape index (κ1) is 16.4. The normalized spacial score (nSPS) is 12.8. The van der Waals surface area contributed by atoms with Crippen LogP contribution >= 0.6 is 0 Å². The molecule has 0 saturated carbocycles. The molecular formula is C13H28N2O2. The maximum Gasteiger partial charge on any atom is 0.220 e. The molecule has 4 heteroatoms. The maximum absolute atomic E-state index is 11.4. The van der Waals surface area contributed by atoms with Crippen LogP contribution in [0.5, 0.6) is 0 Å². The van der Waals surface area contributed by atoms with E-state index in [0.29, 0.717) is 25.0 Å². The van der Waals surface area contributed by atoms with Crippen LogP contribution in [0.2, 0.25) is 0 Å². The molecule has 0 aromatic carbocycles. The first-order valence-corrected chi connectivity index (χ1v) is 6.64. The summed E-state index contributed by atoms with van der Waals surface area (Å²) in [6.07, 6.45) is 3.73. The SMILES string of the molecule is CC(CN)CCC(=O)NCCCCOC(C)C. The predicted molar refractivity (Wildman–Crippen MR) is 70.8 cm³/mol. The Balaban J connectivity index is 3.28. The summed E-state index contributed by atoms with van der Waals surface area (Å²) in [5.74, 6) is 0.565. The van der Waals surface area contributed by atoms with Gasteiger partial charge in [0, 0.05) is 19.6 Å². The molecule has 1 unspecified atom stereocenters. The van der Waals surface area contributed by atoms with Crippen molar-refractivity contribution in [3.8, 4) is 0 Å². The number of carbonyl (C=O) groups is 1. The molecule has 3 N–H and O–H groups in total. The minimum Gasteiger partial charge on any atom is -0.379 e. The van der Waals surface area contributed by atoms with E-state index >= 15 is 0 Å². The molecular weight excluding hydrogens is 216 g/mol.